The van der Waals surface area contributed by atoms with E-state index in [-0.39, 0.29) is 6.42 Å². The number of hydrogen-bond donors (Lipinski definition) is 2. The standard InChI is InChI=1S/C14H16N2O5/c1-14(7-9-3-5-10(21-2)6-4-9)12(19)16(8-11(17)18)13(20)15-14/h3-6H,7-8H2,1-2H3,(H,15,20)(H,17,18). The Kier molecular flexibility index (Phi) is 3.84. The van der Waals surface area contributed by atoms with Crippen LogP contribution < -0.4 is 10.1 Å². The van der Waals surface area contributed by atoms with Crippen LogP contribution in [-0.2, 0) is 16.0 Å². The number of carboxylic acids is 1. The Labute approximate surface area is 121 Å². The van der Waals surface area contributed by atoms with Crippen LogP contribution in [0.2, 0.25) is 0 Å². The van der Waals surface area contributed by atoms with Crippen molar-refractivity contribution < 1.29 is 24.2 Å². The van der Waals surface area contributed by atoms with Crippen LogP contribution in [0.1, 0.15) is 12.5 Å². The lowest BCUT2D eigenvalue weighted by Gasteiger charge is -2.21. The Morgan fingerprint density at radius 3 is 2.48 bits per heavy atom. The van der Waals surface area contributed by atoms with Gasteiger partial charge in [0.25, 0.3) is 5.91 Å². The predicted molar refractivity (Wildman–Crippen MR) is 73.0 cm³/mol. The topological polar surface area (TPSA) is 95.9 Å². The second-order valence-electron chi connectivity index (χ2n) is 5.07. The van der Waals surface area contributed by atoms with Crippen molar-refractivity contribution in [1.29, 1.82) is 0 Å². The first-order valence-electron chi connectivity index (χ1n) is 6.34. The van der Waals surface area contributed by atoms with E-state index in [1.807, 2.05) is 0 Å². The highest BCUT2D eigenvalue weighted by Crippen LogP contribution is 2.23. The molecule has 21 heavy (non-hydrogen) atoms. The molecule has 0 spiro atoms. The van der Waals surface area contributed by atoms with E-state index in [0.717, 1.165) is 5.56 Å². The van der Waals surface area contributed by atoms with Gasteiger partial charge in [-0.3, -0.25) is 14.5 Å². The molecule has 0 radical (unpaired) electrons. The molecule has 0 saturated carbocycles. The van der Waals surface area contributed by atoms with Gasteiger partial charge in [-0.1, -0.05) is 12.1 Å². The number of nitrogens with zero attached hydrogens (tertiary/aromatic N) is 1. The summed E-state index contributed by atoms with van der Waals surface area (Å²) in [5.41, 5.74) is -0.301. The number of hydrogen-bond acceptors (Lipinski definition) is 4. The second-order valence-corrected chi connectivity index (χ2v) is 5.07. The molecule has 2 N–H and O–H groups in total. The normalized spacial score (nSPS) is 21.3. The number of methoxy groups -OCH3 is 1. The maximum atomic E-state index is 12.3. The van der Waals surface area contributed by atoms with Crippen molar-refractivity contribution >= 4 is 17.9 Å². The van der Waals surface area contributed by atoms with E-state index in [2.05, 4.69) is 5.32 Å². The first kappa shape index (κ1) is 14.8. The zero-order valence-corrected chi connectivity index (χ0v) is 11.8. The molecule has 1 fully saturated rings. The third-order valence-corrected chi connectivity index (χ3v) is 3.36. The summed E-state index contributed by atoms with van der Waals surface area (Å²) in [5, 5.41) is 11.3. The minimum Gasteiger partial charge on any atom is -0.497 e. The summed E-state index contributed by atoms with van der Waals surface area (Å²) < 4.78 is 5.05. The summed E-state index contributed by atoms with van der Waals surface area (Å²) in [5.74, 6) is -1.07. The molecule has 0 aromatic heterocycles. The quantitative estimate of drug-likeness (QED) is 0.776. The van der Waals surface area contributed by atoms with E-state index < -0.39 is 30.0 Å². The Bertz CT molecular complexity index is 584. The Hall–Kier alpha value is -2.57. The molecule has 1 aliphatic rings. The summed E-state index contributed by atoms with van der Waals surface area (Å²) >= 11 is 0. The third kappa shape index (κ3) is 2.96. The van der Waals surface area contributed by atoms with Crippen molar-refractivity contribution in [3.05, 3.63) is 29.8 Å². The molecule has 1 unspecified atom stereocenters. The van der Waals surface area contributed by atoms with E-state index in [1.54, 1.807) is 38.3 Å². The minimum absolute atomic E-state index is 0.275. The van der Waals surface area contributed by atoms with Crippen molar-refractivity contribution in [2.75, 3.05) is 13.7 Å². The number of carbonyl (C=O) groups excluding carboxylic acids is 2. The van der Waals surface area contributed by atoms with Gasteiger partial charge in [0.05, 0.1) is 7.11 Å². The van der Waals surface area contributed by atoms with E-state index >= 15 is 0 Å². The average Bonchev–Trinajstić information content (AvgIpc) is 2.63. The average molecular weight is 292 g/mol. The third-order valence-electron chi connectivity index (χ3n) is 3.36. The molecular formula is C14H16N2O5. The fourth-order valence-electron chi connectivity index (χ4n) is 2.30. The highest BCUT2D eigenvalue weighted by Gasteiger charge is 2.48. The fourth-order valence-corrected chi connectivity index (χ4v) is 2.30. The molecule has 1 saturated heterocycles. The fraction of sp³-hybridized carbons (Fsp3) is 0.357. The minimum atomic E-state index is -1.23. The highest BCUT2D eigenvalue weighted by molar-refractivity contribution is 6.08. The predicted octanol–water partition coefficient (Wildman–Crippen LogP) is 0.633. The van der Waals surface area contributed by atoms with Gasteiger partial charge in [0.15, 0.2) is 0 Å². The SMILES string of the molecule is COc1ccc(CC2(C)NC(=O)N(CC(=O)O)C2=O)cc1. The molecule has 2 rings (SSSR count). The van der Waals surface area contributed by atoms with Gasteiger partial charge in [-0.15, -0.1) is 0 Å². The lowest BCUT2D eigenvalue weighted by molar-refractivity contribution is -0.142. The lowest BCUT2D eigenvalue weighted by Crippen LogP contribution is -2.46. The Morgan fingerprint density at radius 1 is 1.33 bits per heavy atom. The molecule has 7 nitrogen and oxygen atoms in total. The van der Waals surface area contributed by atoms with E-state index in [9.17, 15) is 14.4 Å². The van der Waals surface area contributed by atoms with Crippen molar-refractivity contribution in [2.45, 2.75) is 18.9 Å². The monoisotopic (exact) mass is 292 g/mol. The first-order chi connectivity index (χ1) is 9.85. The van der Waals surface area contributed by atoms with E-state index in [0.29, 0.717) is 10.6 Å². The summed E-state index contributed by atoms with van der Waals surface area (Å²) in [7, 11) is 1.56. The number of carboxylic acid groups (broad SMARTS) is 1. The van der Waals surface area contributed by atoms with Crippen molar-refractivity contribution in [2.24, 2.45) is 0 Å². The molecule has 1 atom stereocenters. The smallest absolute Gasteiger partial charge is 0.325 e. The summed E-state index contributed by atoms with van der Waals surface area (Å²) in [6.07, 6.45) is 0.275. The molecular weight excluding hydrogens is 276 g/mol. The molecule has 7 heteroatoms. The number of ether oxygens (including phenoxy) is 1. The zero-order valence-electron chi connectivity index (χ0n) is 11.8. The highest BCUT2D eigenvalue weighted by atomic mass is 16.5. The number of aliphatic carboxylic acids is 1. The molecule has 0 bridgehead atoms. The largest absolute Gasteiger partial charge is 0.497 e. The van der Waals surface area contributed by atoms with Crippen LogP contribution in [0.3, 0.4) is 0 Å². The molecule has 0 aliphatic carbocycles. The summed E-state index contributed by atoms with van der Waals surface area (Å²) in [6.45, 7) is 0.947. The number of carbonyl (C=O) groups is 3. The van der Waals surface area contributed by atoms with Gasteiger partial charge in [0.2, 0.25) is 0 Å². The first-order valence-corrected chi connectivity index (χ1v) is 6.34. The molecule has 1 aliphatic heterocycles. The number of benzene rings is 1. The van der Waals surface area contributed by atoms with Crippen molar-refractivity contribution in [3.8, 4) is 5.75 Å². The van der Waals surface area contributed by atoms with Gasteiger partial charge in [0, 0.05) is 6.42 Å². The van der Waals surface area contributed by atoms with Gasteiger partial charge in [-0.25, -0.2) is 4.79 Å². The Morgan fingerprint density at radius 2 is 1.95 bits per heavy atom. The second kappa shape index (κ2) is 5.43. The molecule has 1 heterocycles. The summed E-state index contributed by atoms with van der Waals surface area (Å²) in [6, 6.07) is 6.43. The van der Waals surface area contributed by atoms with Crippen LogP contribution in [0, 0.1) is 0 Å². The Balaban J connectivity index is 2.16. The number of imide groups is 1. The number of urea groups is 1. The summed E-state index contributed by atoms with van der Waals surface area (Å²) in [4.78, 5) is 35.4. The van der Waals surface area contributed by atoms with Crippen LogP contribution in [0.5, 0.6) is 5.75 Å². The van der Waals surface area contributed by atoms with Crippen LogP contribution >= 0.6 is 0 Å². The molecule has 1 aromatic rings. The van der Waals surface area contributed by atoms with Crippen LogP contribution in [0.25, 0.3) is 0 Å². The molecule has 112 valence electrons. The number of amides is 3. The van der Waals surface area contributed by atoms with Crippen molar-refractivity contribution in [3.63, 3.8) is 0 Å². The van der Waals surface area contributed by atoms with E-state index in [1.165, 1.54) is 0 Å². The van der Waals surface area contributed by atoms with Gasteiger partial charge in [-0.05, 0) is 24.6 Å². The maximum Gasteiger partial charge on any atom is 0.325 e. The van der Waals surface area contributed by atoms with Crippen LogP contribution in [0.4, 0.5) is 4.79 Å². The number of nitrogens with one attached hydrogen (secondary N) is 1. The van der Waals surface area contributed by atoms with Crippen LogP contribution in [-0.4, -0.2) is 47.1 Å². The maximum absolute atomic E-state index is 12.3. The van der Waals surface area contributed by atoms with Crippen LogP contribution in [0.15, 0.2) is 24.3 Å². The zero-order chi connectivity index (χ0) is 15.6. The molecule has 3 amide bonds. The van der Waals surface area contributed by atoms with Gasteiger partial charge in [-0.2, -0.15) is 0 Å². The van der Waals surface area contributed by atoms with Gasteiger partial charge < -0.3 is 15.2 Å². The molecule has 1 aromatic carbocycles. The number of rotatable bonds is 5. The van der Waals surface area contributed by atoms with Crippen molar-refractivity contribution in [1.82, 2.24) is 10.2 Å². The van der Waals surface area contributed by atoms with E-state index in [4.69, 9.17) is 9.84 Å². The lowest BCUT2D eigenvalue weighted by atomic mass is 9.93. The van der Waals surface area contributed by atoms with Gasteiger partial charge >= 0.3 is 12.0 Å². The van der Waals surface area contributed by atoms with Gasteiger partial charge in [0.1, 0.15) is 17.8 Å².